The third-order valence-electron chi connectivity index (χ3n) is 4.35. The molecule has 5 heteroatoms. The minimum Gasteiger partial charge on any atom is -0.476 e. The first-order valence-corrected chi connectivity index (χ1v) is 7.60. The molecule has 1 aromatic rings. The maximum absolute atomic E-state index is 11.4. The average molecular weight is 283 g/mol. The molecule has 2 aliphatic carbocycles. The lowest BCUT2D eigenvalue weighted by Crippen LogP contribution is -2.19. The molecular weight excluding hydrogens is 264 g/mol. The maximum Gasteiger partial charge on any atom is 0.356 e. The highest BCUT2D eigenvalue weighted by molar-refractivity contribution is 6.21. The molecule has 4 nitrogen and oxygen atoms in total. The third kappa shape index (κ3) is 2.27. The van der Waals surface area contributed by atoms with E-state index in [1.807, 2.05) is 4.68 Å². The molecule has 19 heavy (non-hydrogen) atoms. The smallest absolute Gasteiger partial charge is 0.356 e. The van der Waals surface area contributed by atoms with E-state index in [0.717, 1.165) is 43.4 Å². The second-order valence-corrected chi connectivity index (χ2v) is 6.14. The molecule has 0 spiro atoms. The highest BCUT2D eigenvalue weighted by Gasteiger charge is 2.32. The number of aromatic nitrogens is 2. The first-order chi connectivity index (χ1) is 9.18. The topological polar surface area (TPSA) is 55.1 Å². The van der Waals surface area contributed by atoms with Gasteiger partial charge in [-0.25, -0.2) is 4.79 Å². The van der Waals surface area contributed by atoms with Crippen LogP contribution in [0, 0.1) is 0 Å². The van der Waals surface area contributed by atoms with Gasteiger partial charge in [-0.2, -0.15) is 5.10 Å². The number of carboxylic acid groups (broad SMARTS) is 1. The number of hydrogen-bond acceptors (Lipinski definition) is 2. The summed E-state index contributed by atoms with van der Waals surface area (Å²) in [6.45, 7) is 0. The Morgan fingerprint density at radius 1 is 1.21 bits per heavy atom. The average Bonchev–Trinajstić information content (AvgIpc) is 2.81. The number of nitrogens with zero attached hydrogens (tertiary/aromatic N) is 2. The zero-order valence-corrected chi connectivity index (χ0v) is 11.7. The number of carbonyl (C=O) groups is 1. The fourth-order valence-electron chi connectivity index (χ4n) is 3.43. The Bertz CT molecular complexity index is 492. The van der Waals surface area contributed by atoms with Crippen molar-refractivity contribution in [2.24, 2.45) is 0 Å². The summed E-state index contributed by atoms with van der Waals surface area (Å²) in [5.74, 6) is -0.920. The monoisotopic (exact) mass is 282 g/mol. The van der Waals surface area contributed by atoms with E-state index in [0.29, 0.717) is 6.04 Å². The Morgan fingerprint density at radius 3 is 2.63 bits per heavy atom. The Morgan fingerprint density at radius 2 is 1.95 bits per heavy atom. The largest absolute Gasteiger partial charge is 0.476 e. The first-order valence-electron chi connectivity index (χ1n) is 7.17. The lowest BCUT2D eigenvalue weighted by Gasteiger charge is -2.27. The van der Waals surface area contributed by atoms with Gasteiger partial charge < -0.3 is 5.11 Å². The van der Waals surface area contributed by atoms with Gasteiger partial charge >= 0.3 is 5.97 Å². The van der Waals surface area contributed by atoms with Crippen LogP contribution >= 0.6 is 11.6 Å². The minimum atomic E-state index is -0.920. The van der Waals surface area contributed by atoms with Gasteiger partial charge in [-0.15, -0.1) is 11.6 Å². The highest BCUT2D eigenvalue weighted by atomic mass is 35.5. The van der Waals surface area contributed by atoms with Crippen molar-refractivity contribution in [2.75, 3.05) is 0 Å². The van der Waals surface area contributed by atoms with Crippen LogP contribution in [0.25, 0.3) is 0 Å². The number of rotatable bonds is 2. The van der Waals surface area contributed by atoms with Gasteiger partial charge in [0.25, 0.3) is 0 Å². The zero-order chi connectivity index (χ0) is 13.4. The predicted molar refractivity (Wildman–Crippen MR) is 72.8 cm³/mol. The second-order valence-electron chi connectivity index (χ2n) is 5.61. The summed E-state index contributed by atoms with van der Waals surface area (Å²) in [7, 11) is 0. The molecule has 1 fully saturated rings. The summed E-state index contributed by atoms with van der Waals surface area (Å²) in [4.78, 5) is 11.4. The number of halogens is 1. The fourth-order valence-corrected chi connectivity index (χ4v) is 3.82. The number of hydrogen-bond donors (Lipinski definition) is 1. The highest BCUT2D eigenvalue weighted by Crippen LogP contribution is 2.40. The van der Waals surface area contributed by atoms with Crippen LogP contribution in [0.3, 0.4) is 0 Å². The second kappa shape index (κ2) is 5.16. The van der Waals surface area contributed by atoms with Crippen molar-refractivity contribution in [3.63, 3.8) is 0 Å². The van der Waals surface area contributed by atoms with Gasteiger partial charge in [0.05, 0.1) is 17.1 Å². The summed E-state index contributed by atoms with van der Waals surface area (Å²) in [6.07, 6.45) is 8.55. The van der Waals surface area contributed by atoms with Crippen molar-refractivity contribution in [2.45, 2.75) is 62.8 Å². The summed E-state index contributed by atoms with van der Waals surface area (Å²) in [5, 5.41) is 13.6. The molecule has 1 unspecified atom stereocenters. The lowest BCUT2D eigenvalue weighted by atomic mass is 9.92. The van der Waals surface area contributed by atoms with E-state index in [1.54, 1.807) is 0 Å². The summed E-state index contributed by atoms with van der Waals surface area (Å²) in [6, 6.07) is 0.343. The van der Waals surface area contributed by atoms with Crippen LogP contribution in [-0.2, 0) is 6.42 Å². The summed E-state index contributed by atoms with van der Waals surface area (Å²) >= 11 is 6.44. The van der Waals surface area contributed by atoms with Gasteiger partial charge in [-0.3, -0.25) is 4.68 Å². The first kappa shape index (κ1) is 13.0. The van der Waals surface area contributed by atoms with Gasteiger partial charge in [0.2, 0.25) is 0 Å². The van der Waals surface area contributed by atoms with Crippen molar-refractivity contribution >= 4 is 17.6 Å². The molecule has 0 radical (unpaired) electrons. The normalized spacial score (nSPS) is 24.2. The molecule has 104 valence electrons. The molecule has 1 heterocycles. The molecule has 1 aromatic heterocycles. The van der Waals surface area contributed by atoms with Crippen LogP contribution in [0.1, 0.15) is 78.1 Å². The molecule has 1 N–H and O–H groups in total. The van der Waals surface area contributed by atoms with Crippen LogP contribution in [-0.4, -0.2) is 20.9 Å². The van der Waals surface area contributed by atoms with E-state index in [-0.39, 0.29) is 11.1 Å². The van der Waals surface area contributed by atoms with Crippen molar-refractivity contribution in [3.8, 4) is 0 Å². The van der Waals surface area contributed by atoms with E-state index in [2.05, 4.69) is 5.10 Å². The standard InChI is InChI=1S/C14H19ClN2O2/c15-11-8-4-7-10-12(14(18)19)16-17(13(10)11)9-5-2-1-3-6-9/h9,11H,1-8H2,(H,18,19). The van der Waals surface area contributed by atoms with Crippen molar-refractivity contribution in [1.29, 1.82) is 0 Å². The summed E-state index contributed by atoms with van der Waals surface area (Å²) < 4.78 is 1.95. The van der Waals surface area contributed by atoms with Gasteiger partial charge in [0.15, 0.2) is 5.69 Å². The predicted octanol–water partition coefficient (Wildman–Crippen LogP) is 3.70. The Hall–Kier alpha value is -1.03. The van der Waals surface area contributed by atoms with E-state index in [1.165, 1.54) is 19.3 Å². The molecule has 0 aliphatic heterocycles. The number of carboxylic acids is 1. The zero-order valence-electron chi connectivity index (χ0n) is 10.9. The molecule has 1 atom stereocenters. The Labute approximate surface area is 117 Å². The molecule has 0 aromatic carbocycles. The molecule has 2 aliphatic rings. The quantitative estimate of drug-likeness (QED) is 0.842. The molecule has 1 saturated carbocycles. The Balaban J connectivity index is 2.05. The molecule has 0 saturated heterocycles. The van der Waals surface area contributed by atoms with Crippen LogP contribution in [0.2, 0.25) is 0 Å². The third-order valence-corrected chi connectivity index (χ3v) is 4.78. The molecular formula is C14H19ClN2O2. The van der Waals surface area contributed by atoms with Gasteiger partial charge in [-0.1, -0.05) is 19.3 Å². The van der Waals surface area contributed by atoms with Crippen molar-refractivity contribution in [1.82, 2.24) is 9.78 Å². The van der Waals surface area contributed by atoms with Gasteiger partial charge in [-0.05, 0) is 32.1 Å². The van der Waals surface area contributed by atoms with E-state index in [4.69, 9.17) is 11.6 Å². The number of fused-ring (bicyclic) bond motifs is 1. The summed E-state index contributed by atoms with van der Waals surface area (Å²) in [5.41, 5.74) is 2.09. The maximum atomic E-state index is 11.4. The van der Waals surface area contributed by atoms with Crippen LogP contribution in [0.5, 0.6) is 0 Å². The SMILES string of the molecule is O=C(O)c1nn(C2CCCCC2)c2c1CCCC2Cl. The Kier molecular flexibility index (Phi) is 3.52. The molecule has 0 amide bonds. The van der Waals surface area contributed by atoms with Crippen LogP contribution < -0.4 is 0 Å². The van der Waals surface area contributed by atoms with Crippen molar-refractivity contribution < 1.29 is 9.90 Å². The van der Waals surface area contributed by atoms with Crippen LogP contribution in [0.4, 0.5) is 0 Å². The molecule has 0 bridgehead atoms. The van der Waals surface area contributed by atoms with E-state index in [9.17, 15) is 9.90 Å². The lowest BCUT2D eigenvalue weighted by molar-refractivity contribution is 0.0687. The van der Waals surface area contributed by atoms with Gasteiger partial charge in [0, 0.05) is 5.56 Å². The van der Waals surface area contributed by atoms with E-state index < -0.39 is 5.97 Å². The fraction of sp³-hybridized carbons (Fsp3) is 0.714. The number of alkyl halides is 1. The van der Waals surface area contributed by atoms with Gasteiger partial charge in [0.1, 0.15) is 0 Å². The van der Waals surface area contributed by atoms with Crippen LogP contribution in [0.15, 0.2) is 0 Å². The minimum absolute atomic E-state index is 0.0775. The van der Waals surface area contributed by atoms with Crippen molar-refractivity contribution in [3.05, 3.63) is 17.0 Å². The number of aromatic carboxylic acids is 1. The molecule has 3 rings (SSSR count). The van der Waals surface area contributed by atoms with E-state index >= 15 is 0 Å².